The van der Waals surface area contributed by atoms with Gasteiger partial charge in [0.1, 0.15) is 5.82 Å². The van der Waals surface area contributed by atoms with E-state index < -0.39 is 6.04 Å². The number of carbonyl (C=O) groups is 1. The average Bonchev–Trinajstić information content (AvgIpc) is 2.80. The Labute approximate surface area is 132 Å². The summed E-state index contributed by atoms with van der Waals surface area (Å²) in [6, 6.07) is 6.04. The normalized spacial score (nSPS) is 22.8. The van der Waals surface area contributed by atoms with Gasteiger partial charge in [-0.25, -0.2) is 4.39 Å². The summed E-state index contributed by atoms with van der Waals surface area (Å²) in [4.78, 5) is 14.3. The fourth-order valence-corrected chi connectivity index (χ4v) is 2.97. The quantitative estimate of drug-likeness (QED) is 0.927. The Bertz CT molecular complexity index is 483. The lowest BCUT2D eigenvalue weighted by Gasteiger charge is -2.27. The number of carbonyl (C=O) groups excluding carboxylic acids is 1. The van der Waals surface area contributed by atoms with E-state index in [9.17, 15) is 9.18 Å². The number of halogens is 2. The van der Waals surface area contributed by atoms with Crippen molar-refractivity contribution < 1.29 is 9.18 Å². The Morgan fingerprint density at radius 1 is 1.52 bits per heavy atom. The van der Waals surface area contributed by atoms with Gasteiger partial charge in [0.15, 0.2) is 0 Å². The molecule has 3 unspecified atom stereocenters. The van der Waals surface area contributed by atoms with Crippen LogP contribution in [-0.4, -0.2) is 23.4 Å². The highest BCUT2D eigenvalue weighted by atomic mass is 35.5. The molecule has 1 heterocycles. The summed E-state index contributed by atoms with van der Waals surface area (Å²) in [7, 11) is 0. The Morgan fingerprint density at radius 2 is 2.24 bits per heavy atom. The first-order chi connectivity index (χ1) is 9.52. The molecule has 118 valence electrons. The van der Waals surface area contributed by atoms with Crippen LogP contribution in [0, 0.1) is 11.7 Å². The predicted octanol–water partition coefficient (Wildman–Crippen LogP) is 3.28. The molecule has 3 atom stereocenters. The topological polar surface area (TPSA) is 46.3 Å². The molecule has 1 amide bonds. The molecule has 5 heteroatoms. The van der Waals surface area contributed by atoms with Crippen LogP contribution in [0.3, 0.4) is 0 Å². The van der Waals surface area contributed by atoms with E-state index in [1.54, 1.807) is 6.07 Å². The highest BCUT2D eigenvalue weighted by Crippen LogP contribution is 2.35. The summed E-state index contributed by atoms with van der Waals surface area (Å²) >= 11 is 0. The highest BCUT2D eigenvalue weighted by molar-refractivity contribution is 5.85. The Morgan fingerprint density at radius 3 is 2.86 bits per heavy atom. The van der Waals surface area contributed by atoms with Crippen molar-refractivity contribution >= 4 is 18.3 Å². The van der Waals surface area contributed by atoms with Gasteiger partial charge >= 0.3 is 0 Å². The molecule has 1 aromatic carbocycles. The average molecular weight is 315 g/mol. The summed E-state index contributed by atoms with van der Waals surface area (Å²) in [6.07, 6.45) is 2.45. The smallest absolute Gasteiger partial charge is 0.240 e. The summed E-state index contributed by atoms with van der Waals surface area (Å²) in [5.41, 5.74) is 6.82. The zero-order valence-corrected chi connectivity index (χ0v) is 13.4. The van der Waals surface area contributed by atoms with Gasteiger partial charge in [0.25, 0.3) is 0 Å². The van der Waals surface area contributed by atoms with Crippen molar-refractivity contribution in [3.63, 3.8) is 0 Å². The largest absolute Gasteiger partial charge is 0.334 e. The molecule has 1 aliphatic rings. The molecule has 2 rings (SSSR count). The molecule has 1 aromatic rings. The number of benzene rings is 1. The second kappa shape index (κ2) is 7.76. The molecule has 0 bridgehead atoms. The van der Waals surface area contributed by atoms with Crippen molar-refractivity contribution in [2.75, 3.05) is 6.54 Å². The lowest BCUT2D eigenvalue weighted by Crippen LogP contribution is -2.43. The molecule has 0 aliphatic carbocycles. The molecule has 21 heavy (non-hydrogen) atoms. The number of hydrogen-bond donors (Lipinski definition) is 1. The van der Waals surface area contributed by atoms with Gasteiger partial charge < -0.3 is 10.6 Å². The van der Waals surface area contributed by atoms with Gasteiger partial charge in [0, 0.05) is 6.54 Å². The van der Waals surface area contributed by atoms with Crippen LogP contribution in [0.25, 0.3) is 0 Å². The van der Waals surface area contributed by atoms with Gasteiger partial charge in [-0.2, -0.15) is 0 Å². The van der Waals surface area contributed by atoms with Gasteiger partial charge in [-0.15, -0.1) is 12.4 Å². The number of likely N-dealkylation sites (tertiary alicyclic amines) is 1. The van der Waals surface area contributed by atoms with E-state index in [2.05, 4.69) is 6.92 Å². The second-order valence-corrected chi connectivity index (χ2v) is 5.80. The Kier molecular flexibility index (Phi) is 6.62. The molecule has 1 fully saturated rings. The number of rotatable bonds is 4. The number of amides is 1. The molecule has 1 saturated heterocycles. The molecule has 3 nitrogen and oxygen atoms in total. The van der Waals surface area contributed by atoms with E-state index in [4.69, 9.17) is 5.73 Å². The molecule has 0 aromatic heterocycles. The fourth-order valence-electron chi connectivity index (χ4n) is 2.97. The van der Waals surface area contributed by atoms with E-state index >= 15 is 0 Å². The van der Waals surface area contributed by atoms with Crippen LogP contribution >= 0.6 is 12.4 Å². The third-order valence-electron chi connectivity index (χ3n) is 3.94. The minimum absolute atomic E-state index is 0. The van der Waals surface area contributed by atoms with Gasteiger partial charge in [0.2, 0.25) is 5.91 Å². The lowest BCUT2D eigenvalue weighted by atomic mass is 10.0. The van der Waals surface area contributed by atoms with Crippen LogP contribution in [0.15, 0.2) is 24.3 Å². The second-order valence-electron chi connectivity index (χ2n) is 5.80. The van der Waals surface area contributed by atoms with Crippen molar-refractivity contribution in [3.05, 3.63) is 35.6 Å². The SMILES string of the molecule is CCCC(N)C(=O)N1CC(C)CC1c1cccc(F)c1.Cl. The van der Waals surface area contributed by atoms with Crippen molar-refractivity contribution in [1.82, 2.24) is 4.90 Å². The first kappa shape index (κ1) is 17.9. The lowest BCUT2D eigenvalue weighted by molar-refractivity contribution is -0.133. The van der Waals surface area contributed by atoms with E-state index in [1.807, 2.05) is 17.9 Å². The van der Waals surface area contributed by atoms with E-state index in [0.717, 1.165) is 18.4 Å². The van der Waals surface area contributed by atoms with Crippen LogP contribution in [0.1, 0.15) is 44.7 Å². The summed E-state index contributed by atoms with van der Waals surface area (Å²) < 4.78 is 13.4. The maximum Gasteiger partial charge on any atom is 0.240 e. The third-order valence-corrected chi connectivity index (χ3v) is 3.94. The van der Waals surface area contributed by atoms with Gasteiger partial charge in [-0.3, -0.25) is 4.79 Å². The van der Waals surface area contributed by atoms with Crippen molar-refractivity contribution in [2.24, 2.45) is 11.7 Å². The van der Waals surface area contributed by atoms with Crippen molar-refractivity contribution in [2.45, 2.75) is 45.2 Å². The third kappa shape index (κ3) is 4.17. The predicted molar refractivity (Wildman–Crippen MR) is 84.8 cm³/mol. The number of nitrogens with zero attached hydrogens (tertiary/aromatic N) is 1. The molecular formula is C16H24ClFN2O. The summed E-state index contributed by atoms with van der Waals surface area (Å²) in [6.45, 7) is 4.84. The fraction of sp³-hybridized carbons (Fsp3) is 0.562. The minimum atomic E-state index is -0.443. The molecule has 1 aliphatic heterocycles. The first-order valence-corrected chi connectivity index (χ1v) is 7.34. The van der Waals surface area contributed by atoms with Crippen LogP contribution < -0.4 is 5.73 Å². The first-order valence-electron chi connectivity index (χ1n) is 7.34. The maximum absolute atomic E-state index is 13.4. The zero-order chi connectivity index (χ0) is 14.7. The van der Waals surface area contributed by atoms with Crippen molar-refractivity contribution in [1.29, 1.82) is 0 Å². The monoisotopic (exact) mass is 314 g/mol. The molecule has 0 spiro atoms. The number of hydrogen-bond acceptors (Lipinski definition) is 2. The molecule has 2 N–H and O–H groups in total. The van der Waals surface area contributed by atoms with E-state index in [1.165, 1.54) is 12.1 Å². The summed E-state index contributed by atoms with van der Waals surface area (Å²) in [5.74, 6) is 0.152. The molecule has 0 radical (unpaired) electrons. The maximum atomic E-state index is 13.4. The zero-order valence-electron chi connectivity index (χ0n) is 12.6. The highest BCUT2D eigenvalue weighted by Gasteiger charge is 2.35. The van der Waals surface area contributed by atoms with Crippen molar-refractivity contribution in [3.8, 4) is 0 Å². The Hall–Kier alpha value is -1.13. The number of nitrogens with two attached hydrogens (primary N) is 1. The Balaban J connectivity index is 0.00000220. The van der Waals surface area contributed by atoms with Gasteiger partial charge in [0.05, 0.1) is 12.1 Å². The van der Waals surface area contributed by atoms with Gasteiger partial charge in [-0.1, -0.05) is 32.4 Å². The van der Waals surface area contributed by atoms with E-state index in [0.29, 0.717) is 18.9 Å². The van der Waals surface area contributed by atoms with Gasteiger partial charge in [-0.05, 0) is 36.5 Å². The van der Waals surface area contributed by atoms with Crippen LogP contribution in [0.5, 0.6) is 0 Å². The van der Waals surface area contributed by atoms with Crippen LogP contribution in [0.2, 0.25) is 0 Å². The summed E-state index contributed by atoms with van der Waals surface area (Å²) in [5, 5.41) is 0. The molecule has 0 saturated carbocycles. The minimum Gasteiger partial charge on any atom is -0.334 e. The standard InChI is InChI=1S/C16H23FN2O.ClH/c1-3-5-14(18)16(20)19-10-11(2)8-15(19)12-6-4-7-13(17)9-12;/h4,6-7,9,11,14-15H,3,5,8,10,18H2,1-2H3;1H. The van der Waals surface area contributed by atoms with E-state index in [-0.39, 0.29) is 30.2 Å². The van der Waals surface area contributed by atoms with Crippen LogP contribution in [-0.2, 0) is 4.79 Å². The molecular weight excluding hydrogens is 291 g/mol. The van der Waals surface area contributed by atoms with Crippen LogP contribution in [0.4, 0.5) is 4.39 Å².